The number of aromatic nitrogens is 2. The smallest absolute Gasteiger partial charge is 0.457 e. The highest BCUT2D eigenvalue weighted by molar-refractivity contribution is 7.92. The summed E-state index contributed by atoms with van der Waals surface area (Å²) in [4.78, 5) is -0.931. The lowest BCUT2D eigenvalue weighted by atomic mass is 10.2. The molecule has 0 fully saturated rings. The van der Waals surface area contributed by atoms with E-state index in [4.69, 9.17) is 10.00 Å². The lowest BCUT2D eigenvalue weighted by Gasteiger charge is -2.11. The highest BCUT2D eigenvalue weighted by atomic mass is 32.2. The molecule has 0 aliphatic heterocycles. The van der Waals surface area contributed by atoms with Gasteiger partial charge in [-0.2, -0.15) is 23.5 Å². The van der Waals surface area contributed by atoms with E-state index in [9.17, 15) is 21.6 Å². The molecule has 0 radical (unpaired) electrons. The summed E-state index contributed by atoms with van der Waals surface area (Å²) >= 11 is 0. The Bertz CT molecular complexity index is 1080. The molecular formula is C15H8F3N3O3S. The number of fused-ring (bicyclic) bond motifs is 1. The van der Waals surface area contributed by atoms with E-state index in [0.29, 0.717) is 11.3 Å². The predicted molar refractivity (Wildman–Crippen MR) is 80.6 cm³/mol. The van der Waals surface area contributed by atoms with Crippen LogP contribution in [0.1, 0.15) is 5.56 Å². The van der Waals surface area contributed by atoms with Gasteiger partial charge in [0.05, 0.1) is 28.7 Å². The number of aromatic amines is 1. The third kappa shape index (κ3) is 2.89. The van der Waals surface area contributed by atoms with E-state index >= 15 is 0 Å². The van der Waals surface area contributed by atoms with E-state index in [1.807, 2.05) is 6.07 Å². The number of hydrogen-bond acceptors (Lipinski definition) is 5. The van der Waals surface area contributed by atoms with Crippen LogP contribution in [-0.2, 0) is 9.84 Å². The maximum atomic E-state index is 12.8. The highest BCUT2D eigenvalue weighted by Gasteiger charge is 2.48. The van der Waals surface area contributed by atoms with Crippen molar-refractivity contribution in [3.8, 4) is 17.6 Å². The Morgan fingerprint density at radius 1 is 1.12 bits per heavy atom. The Balaban J connectivity index is 2.07. The van der Waals surface area contributed by atoms with Crippen LogP contribution in [0, 0.1) is 11.3 Å². The van der Waals surface area contributed by atoms with Gasteiger partial charge in [0.1, 0.15) is 16.4 Å². The fourth-order valence-electron chi connectivity index (χ4n) is 2.15. The van der Waals surface area contributed by atoms with Crippen molar-refractivity contribution >= 4 is 20.7 Å². The summed E-state index contributed by atoms with van der Waals surface area (Å²) in [5.74, 6) is 0.447. The van der Waals surface area contributed by atoms with Crippen LogP contribution in [-0.4, -0.2) is 24.1 Å². The second-order valence-electron chi connectivity index (χ2n) is 4.91. The molecule has 6 nitrogen and oxygen atoms in total. The first-order valence-corrected chi connectivity index (χ1v) is 8.18. The van der Waals surface area contributed by atoms with Crippen LogP contribution in [0.25, 0.3) is 10.9 Å². The lowest BCUT2D eigenvalue weighted by Crippen LogP contribution is -2.23. The molecule has 2 aromatic carbocycles. The standard InChI is InChI=1S/C15H8F3N3O3S/c16-15(17,18)25(22,23)13-6-5-12(11-8-20-21-14(11)13)24-10-3-1-9(7-19)2-4-10/h1-6,8H,(H,20,21). The van der Waals surface area contributed by atoms with Gasteiger partial charge < -0.3 is 4.74 Å². The molecule has 0 bridgehead atoms. The van der Waals surface area contributed by atoms with Crippen molar-refractivity contribution in [2.45, 2.75) is 10.4 Å². The van der Waals surface area contributed by atoms with Crippen LogP contribution in [0.5, 0.6) is 11.5 Å². The second kappa shape index (κ2) is 5.78. The molecule has 0 atom stereocenters. The molecule has 0 spiro atoms. The Labute approximate surface area is 139 Å². The van der Waals surface area contributed by atoms with E-state index in [-0.39, 0.29) is 16.7 Å². The van der Waals surface area contributed by atoms with E-state index < -0.39 is 20.2 Å². The van der Waals surface area contributed by atoms with Gasteiger partial charge in [0, 0.05) is 0 Å². The summed E-state index contributed by atoms with van der Waals surface area (Å²) in [5, 5.41) is 14.7. The predicted octanol–water partition coefficient (Wildman–Crippen LogP) is 3.52. The molecule has 0 saturated heterocycles. The first kappa shape index (κ1) is 16.8. The van der Waals surface area contributed by atoms with Crippen LogP contribution >= 0.6 is 0 Å². The maximum Gasteiger partial charge on any atom is 0.501 e. The fourth-order valence-corrected chi connectivity index (χ4v) is 3.07. The van der Waals surface area contributed by atoms with E-state index in [1.165, 1.54) is 30.5 Å². The van der Waals surface area contributed by atoms with Crippen molar-refractivity contribution in [1.29, 1.82) is 5.26 Å². The Morgan fingerprint density at radius 3 is 2.40 bits per heavy atom. The normalized spacial score (nSPS) is 12.1. The number of H-pyrrole nitrogens is 1. The van der Waals surface area contributed by atoms with Crippen molar-refractivity contribution < 1.29 is 26.3 Å². The minimum atomic E-state index is -5.53. The Morgan fingerprint density at radius 2 is 1.80 bits per heavy atom. The minimum Gasteiger partial charge on any atom is -0.457 e. The maximum absolute atomic E-state index is 12.8. The Hall–Kier alpha value is -3.06. The molecule has 0 aliphatic rings. The number of halogens is 3. The number of benzene rings is 2. The monoisotopic (exact) mass is 367 g/mol. The molecule has 3 rings (SSSR count). The molecule has 3 aromatic rings. The van der Waals surface area contributed by atoms with Gasteiger partial charge in [0.25, 0.3) is 9.84 Å². The number of alkyl halides is 3. The van der Waals surface area contributed by atoms with Crippen molar-refractivity contribution in [3.05, 3.63) is 48.2 Å². The zero-order valence-electron chi connectivity index (χ0n) is 12.2. The van der Waals surface area contributed by atoms with E-state index in [1.54, 1.807) is 0 Å². The van der Waals surface area contributed by atoms with Gasteiger partial charge in [-0.05, 0) is 36.4 Å². The SMILES string of the molecule is N#Cc1ccc(Oc2ccc(S(=O)(=O)C(F)(F)F)c3[nH]ncc23)cc1. The summed E-state index contributed by atoms with van der Waals surface area (Å²) in [7, 11) is -5.53. The minimum absolute atomic E-state index is 0.0784. The molecule has 0 aliphatic carbocycles. The van der Waals surface area contributed by atoms with Gasteiger partial charge in [-0.1, -0.05) is 0 Å². The molecule has 25 heavy (non-hydrogen) atoms. The molecule has 1 heterocycles. The van der Waals surface area contributed by atoms with Crippen LogP contribution in [0.3, 0.4) is 0 Å². The number of hydrogen-bond donors (Lipinski definition) is 1. The van der Waals surface area contributed by atoms with Crippen LogP contribution in [0.15, 0.2) is 47.5 Å². The molecule has 128 valence electrons. The van der Waals surface area contributed by atoms with Gasteiger partial charge in [-0.25, -0.2) is 8.42 Å². The zero-order valence-corrected chi connectivity index (χ0v) is 13.0. The van der Waals surface area contributed by atoms with E-state index in [0.717, 1.165) is 12.1 Å². The lowest BCUT2D eigenvalue weighted by molar-refractivity contribution is -0.0435. The number of rotatable bonds is 3. The largest absolute Gasteiger partial charge is 0.501 e. The van der Waals surface area contributed by atoms with Crippen LogP contribution in [0.2, 0.25) is 0 Å². The van der Waals surface area contributed by atoms with Crippen molar-refractivity contribution in [2.24, 2.45) is 0 Å². The highest BCUT2D eigenvalue weighted by Crippen LogP contribution is 2.37. The summed E-state index contributed by atoms with van der Waals surface area (Å²) in [5.41, 5.74) is -5.32. The van der Waals surface area contributed by atoms with Gasteiger partial charge in [0.2, 0.25) is 0 Å². The van der Waals surface area contributed by atoms with Crippen molar-refractivity contribution in [3.63, 3.8) is 0 Å². The topological polar surface area (TPSA) is 95.8 Å². The average molecular weight is 367 g/mol. The third-order valence-corrected chi connectivity index (χ3v) is 4.87. The first-order valence-electron chi connectivity index (χ1n) is 6.69. The van der Waals surface area contributed by atoms with Gasteiger partial charge >= 0.3 is 5.51 Å². The summed E-state index contributed by atoms with van der Waals surface area (Å²) in [6, 6.07) is 9.88. The molecule has 10 heteroatoms. The van der Waals surface area contributed by atoms with Crippen LogP contribution < -0.4 is 4.74 Å². The third-order valence-electron chi connectivity index (χ3n) is 3.34. The summed E-state index contributed by atoms with van der Waals surface area (Å²) in [6.45, 7) is 0. The number of nitriles is 1. The zero-order chi connectivity index (χ0) is 18.2. The number of nitrogens with zero attached hydrogens (tertiary/aromatic N) is 2. The van der Waals surface area contributed by atoms with Gasteiger partial charge in [-0.15, -0.1) is 0 Å². The molecule has 1 aromatic heterocycles. The first-order chi connectivity index (χ1) is 11.7. The summed E-state index contributed by atoms with van der Waals surface area (Å²) in [6.07, 6.45) is 1.17. The molecular weight excluding hydrogens is 359 g/mol. The quantitative estimate of drug-likeness (QED) is 0.764. The van der Waals surface area contributed by atoms with E-state index in [2.05, 4.69) is 10.2 Å². The molecule has 1 N–H and O–H groups in total. The van der Waals surface area contributed by atoms with Gasteiger partial charge in [0.15, 0.2) is 0 Å². The van der Waals surface area contributed by atoms with Crippen molar-refractivity contribution in [2.75, 3.05) is 0 Å². The fraction of sp³-hybridized carbons (Fsp3) is 0.0667. The van der Waals surface area contributed by atoms with Crippen LogP contribution in [0.4, 0.5) is 13.2 Å². The summed E-state index contributed by atoms with van der Waals surface area (Å²) < 4.78 is 67.3. The van der Waals surface area contributed by atoms with Crippen molar-refractivity contribution in [1.82, 2.24) is 10.2 Å². The number of sulfone groups is 1. The second-order valence-corrected chi connectivity index (χ2v) is 6.82. The molecule has 0 unspecified atom stereocenters. The Kier molecular flexibility index (Phi) is 3.88. The molecule has 0 amide bonds. The average Bonchev–Trinajstić information content (AvgIpc) is 3.04. The number of ether oxygens (including phenoxy) is 1. The van der Waals surface area contributed by atoms with Gasteiger partial charge in [-0.3, -0.25) is 5.10 Å². The molecule has 0 saturated carbocycles. The number of nitrogens with one attached hydrogen (secondary N) is 1.